The standard InChI is InChI=1S/C44H48ClN7O4S2/c1-50(2)23-22-36(29-57-37-9-4-3-5-10-37)48-41-19-17-38(27-43(41)52(53)54)58(55,56)49-44-40-18-14-33(26-42(40)46-30-47-44)31-20-24-51(25-21-31)28-34-8-6-7-11-39(34)32-12-15-35(45)16-13-32/h3-5,9-10,12-20,26-27,30,36,48H,6-8,11,21-25,28-29H2,1-2H3,(H,46,47,49)/t36-/m1/s1. The van der Waals surface area contributed by atoms with Gasteiger partial charge >= 0.3 is 0 Å². The van der Waals surface area contributed by atoms with Crippen molar-refractivity contribution in [3.63, 3.8) is 0 Å². The zero-order chi connectivity index (χ0) is 40.6. The van der Waals surface area contributed by atoms with Gasteiger partial charge in [0.05, 0.1) is 15.3 Å². The third kappa shape index (κ3) is 10.4. The van der Waals surface area contributed by atoms with Crippen molar-refractivity contribution in [3.05, 3.63) is 135 Å². The van der Waals surface area contributed by atoms with Gasteiger partial charge in [-0.05, 0) is 130 Å². The number of sulfonamides is 1. The van der Waals surface area contributed by atoms with E-state index in [9.17, 15) is 18.5 Å². The number of anilines is 2. The summed E-state index contributed by atoms with van der Waals surface area (Å²) in [5.74, 6) is 0.768. The Balaban J connectivity index is 1.04. The van der Waals surface area contributed by atoms with E-state index in [1.165, 1.54) is 53.6 Å². The van der Waals surface area contributed by atoms with Gasteiger partial charge in [-0.1, -0.05) is 59.6 Å². The molecule has 0 spiro atoms. The van der Waals surface area contributed by atoms with Crippen LogP contribution in [0.3, 0.4) is 0 Å². The van der Waals surface area contributed by atoms with E-state index in [0.29, 0.717) is 16.7 Å². The summed E-state index contributed by atoms with van der Waals surface area (Å²) in [6, 6.07) is 27.8. The summed E-state index contributed by atoms with van der Waals surface area (Å²) in [6.07, 6.45) is 9.86. The molecule has 0 unspecified atom stereocenters. The lowest BCUT2D eigenvalue weighted by atomic mass is 9.87. The highest BCUT2D eigenvalue weighted by Gasteiger charge is 2.25. The van der Waals surface area contributed by atoms with Crippen LogP contribution in [0, 0.1) is 10.1 Å². The summed E-state index contributed by atoms with van der Waals surface area (Å²) in [5.41, 5.74) is 7.03. The Morgan fingerprint density at radius 1 is 0.948 bits per heavy atom. The molecular formula is C44H48ClN7O4S2. The first kappa shape index (κ1) is 41.4. The van der Waals surface area contributed by atoms with Gasteiger partial charge in [-0.15, -0.1) is 11.8 Å². The number of aromatic nitrogens is 2. The lowest BCUT2D eigenvalue weighted by Crippen LogP contribution is -2.31. The monoisotopic (exact) mass is 837 g/mol. The van der Waals surface area contributed by atoms with Crippen LogP contribution >= 0.6 is 23.4 Å². The summed E-state index contributed by atoms with van der Waals surface area (Å²) in [7, 11) is -0.297. The van der Waals surface area contributed by atoms with Gasteiger partial charge in [0, 0.05) is 52.8 Å². The first-order chi connectivity index (χ1) is 28.0. The largest absolute Gasteiger partial charge is 0.376 e. The molecule has 2 heterocycles. The smallest absolute Gasteiger partial charge is 0.293 e. The van der Waals surface area contributed by atoms with E-state index in [0.717, 1.165) is 73.4 Å². The van der Waals surface area contributed by atoms with Crippen molar-refractivity contribution in [3.8, 4) is 0 Å². The van der Waals surface area contributed by atoms with Crippen LogP contribution in [0.1, 0.15) is 49.7 Å². The molecule has 5 aromatic rings. The number of allylic oxidation sites excluding steroid dienone is 1. The SMILES string of the molecule is CN(C)CC[C@H](CSc1ccccc1)Nc1ccc(S(=O)(=O)Nc2ncnc3cc(C4=CCN(CC5=C(c6ccc(Cl)cc6)CCCC5)CC4)ccc23)cc1[N+](=O)[O-]. The summed E-state index contributed by atoms with van der Waals surface area (Å²) in [5, 5.41) is 16.9. The minimum Gasteiger partial charge on any atom is -0.376 e. The molecule has 2 N–H and O–H groups in total. The summed E-state index contributed by atoms with van der Waals surface area (Å²) >= 11 is 7.83. The molecule has 302 valence electrons. The minimum atomic E-state index is -4.26. The van der Waals surface area contributed by atoms with Crippen LogP contribution in [0.5, 0.6) is 0 Å². The van der Waals surface area contributed by atoms with Gasteiger partial charge in [-0.2, -0.15) is 0 Å². The third-order valence-electron chi connectivity index (χ3n) is 10.7. The van der Waals surface area contributed by atoms with Crippen molar-refractivity contribution in [1.29, 1.82) is 0 Å². The molecule has 0 fully saturated rings. The summed E-state index contributed by atoms with van der Waals surface area (Å²) < 4.78 is 30.1. The number of thioether (sulfide) groups is 1. The van der Waals surface area contributed by atoms with Gasteiger partial charge in [-0.3, -0.25) is 19.7 Å². The van der Waals surface area contributed by atoms with Crippen LogP contribution < -0.4 is 10.0 Å². The maximum atomic E-state index is 13.7. The average molecular weight is 838 g/mol. The number of halogens is 1. The zero-order valence-corrected chi connectivity index (χ0v) is 35.1. The Labute approximate surface area is 349 Å². The number of nitrogens with one attached hydrogen (secondary N) is 2. The molecule has 0 radical (unpaired) electrons. The van der Waals surface area contributed by atoms with Crippen molar-refractivity contribution in [2.75, 3.05) is 56.1 Å². The topological polar surface area (TPSA) is 134 Å². The Morgan fingerprint density at radius 3 is 2.47 bits per heavy atom. The van der Waals surface area contributed by atoms with Crippen molar-refractivity contribution >= 4 is 72.6 Å². The second-order valence-electron chi connectivity index (χ2n) is 15.1. The van der Waals surface area contributed by atoms with Crippen molar-refractivity contribution in [2.24, 2.45) is 0 Å². The molecular weight excluding hydrogens is 790 g/mol. The molecule has 1 aliphatic heterocycles. The van der Waals surface area contributed by atoms with Crippen LogP contribution in [0.15, 0.2) is 119 Å². The number of hydrogen-bond donors (Lipinski definition) is 2. The minimum absolute atomic E-state index is 0.101. The predicted octanol–water partition coefficient (Wildman–Crippen LogP) is 9.63. The molecule has 11 nitrogen and oxygen atoms in total. The molecule has 14 heteroatoms. The number of rotatable bonds is 16. The second-order valence-corrected chi connectivity index (χ2v) is 18.3. The van der Waals surface area contributed by atoms with E-state index in [2.05, 4.69) is 48.0 Å². The van der Waals surface area contributed by atoms with Gasteiger partial charge in [0.25, 0.3) is 15.7 Å². The van der Waals surface area contributed by atoms with Crippen LogP contribution in [-0.4, -0.2) is 85.2 Å². The first-order valence-electron chi connectivity index (χ1n) is 19.6. The quantitative estimate of drug-likeness (QED) is 0.0562. The van der Waals surface area contributed by atoms with Gasteiger partial charge < -0.3 is 10.2 Å². The molecule has 58 heavy (non-hydrogen) atoms. The van der Waals surface area contributed by atoms with Gasteiger partial charge in [0.15, 0.2) is 5.82 Å². The lowest BCUT2D eigenvalue weighted by Gasteiger charge is -2.30. The molecule has 4 aromatic carbocycles. The molecule has 1 atom stereocenters. The Morgan fingerprint density at radius 2 is 1.72 bits per heavy atom. The fourth-order valence-corrected chi connectivity index (χ4v) is 9.72. The maximum Gasteiger partial charge on any atom is 0.293 e. The van der Waals surface area contributed by atoms with E-state index in [1.54, 1.807) is 11.8 Å². The predicted molar refractivity (Wildman–Crippen MR) is 237 cm³/mol. The fourth-order valence-electron chi connectivity index (χ4n) is 7.55. The normalized spacial score (nSPS) is 15.7. The Bertz CT molecular complexity index is 2430. The number of nitrogens with zero attached hydrogens (tertiary/aromatic N) is 5. The van der Waals surface area contributed by atoms with Gasteiger partial charge in [0.1, 0.15) is 12.0 Å². The van der Waals surface area contributed by atoms with Crippen LogP contribution in [0.4, 0.5) is 17.2 Å². The summed E-state index contributed by atoms with van der Waals surface area (Å²) in [6.45, 7) is 3.49. The van der Waals surface area contributed by atoms with Gasteiger partial charge in [0.2, 0.25) is 0 Å². The molecule has 7 rings (SSSR count). The molecule has 0 amide bonds. The van der Waals surface area contributed by atoms with Crippen LogP contribution in [0.2, 0.25) is 5.02 Å². The Hall–Kier alpha value is -4.79. The zero-order valence-electron chi connectivity index (χ0n) is 32.7. The van der Waals surface area contributed by atoms with E-state index in [4.69, 9.17) is 11.6 Å². The van der Waals surface area contributed by atoms with E-state index in [-0.39, 0.29) is 28.1 Å². The second kappa shape index (κ2) is 18.9. The molecule has 0 bridgehead atoms. The van der Waals surface area contributed by atoms with Crippen molar-refractivity contribution < 1.29 is 13.3 Å². The molecule has 0 saturated heterocycles. The highest BCUT2D eigenvalue weighted by atomic mass is 35.5. The van der Waals surface area contributed by atoms with Crippen LogP contribution in [0.25, 0.3) is 22.0 Å². The lowest BCUT2D eigenvalue weighted by molar-refractivity contribution is -0.384. The molecule has 1 aliphatic carbocycles. The van der Waals surface area contributed by atoms with E-state index >= 15 is 0 Å². The molecule has 0 saturated carbocycles. The van der Waals surface area contributed by atoms with Crippen LogP contribution in [-0.2, 0) is 10.0 Å². The van der Waals surface area contributed by atoms with E-state index in [1.807, 2.05) is 74.8 Å². The average Bonchev–Trinajstić information content (AvgIpc) is 3.23. The summed E-state index contributed by atoms with van der Waals surface area (Å²) in [4.78, 5) is 25.9. The first-order valence-corrected chi connectivity index (χ1v) is 22.4. The highest BCUT2D eigenvalue weighted by Crippen LogP contribution is 2.35. The number of nitro groups is 1. The third-order valence-corrected chi connectivity index (χ3v) is 13.4. The molecule has 2 aliphatic rings. The number of nitro benzene ring substituents is 1. The Kier molecular flexibility index (Phi) is 13.5. The van der Waals surface area contributed by atoms with Gasteiger partial charge in [-0.25, -0.2) is 18.4 Å². The number of benzene rings is 4. The number of hydrogen-bond acceptors (Lipinski definition) is 10. The maximum absolute atomic E-state index is 13.7. The van der Waals surface area contributed by atoms with Crippen molar-refractivity contribution in [2.45, 2.75) is 54.4 Å². The molecule has 1 aromatic heterocycles. The number of fused-ring (bicyclic) bond motifs is 1. The fraction of sp³-hybridized carbons (Fsp3) is 0.318. The highest BCUT2D eigenvalue weighted by molar-refractivity contribution is 7.99. The van der Waals surface area contributed by atoms with Crippen molar-refractivity contribution in [1.82, 2.24) is 19.8 Å². The van der Waals surface area contributed by atoms with E-state index < -0.39 is 14.9 Å².